The van der Waals surface area contributed by atoms with Crippen LogP contribution in [0.5, 0.6) is 0 Å². The number of H-pyrrole nitrogens is 2. The van der Waals surface area contributed by atoms with E-state index in [1.54, 1.807) is 30.0 Å². The average Bonchev–Trinajstić information content (AvgIpc) is 3.23. The van der Waals surface area contributed by atoms with Crippen LogP contribution < -0.4 is 11.3 Å². The third kappa shape index (κ3) is 3.14. The van der Waals surface area contributed by atoms with Gasteiger partial charge in [0.15, 0.2) is 0 Å². The summed E-state index contributed by atoms with van der Waals surface area (Å²) in [7, 11) is 0. The van der Waals surface area contributed by atoms with Crippen LogP contribution in [-0.4, -0.2) is 25.7 Å². The fraction of sp³-hybridized carbons (Fsp3) is 0.0556. The molecule has 0 aliphatic heterocycles. The number of fused-ring (bicyclic) bond motifs is 1. The lowest BCUT2D eigenvalue weighted by atomic mass is 10.2. The minimum absolute atomic E-state index is 0.177. The van der Waals surface area contributed by atoms with Crippen LogP contribution in [0, 0.1) is 0 Å². The van der Waals surface area contributed by atoms with Gasteiger partial charge in [-0.1, -0.05) is 12.1 Å². The molecule has 0 bridgehead atoms. The minimum Gasteiger partial charge on any atom is -0.366 e. The number of thioether (sulfide) groups is 1. The molecular formula is C18H15N5O2S. The molecule has 4 aromatic rings. The fourth-order valence-corrected chi connectivity index (χ4v) is 3.40. The Morgan fingerprint density at radius 2 is 1.92 bits per heavy atom. The molecule has 2 aromatic carbocycles. The summed E-state index contributed by atoms with van der Waals surface area (Å²) in [6, 6.07) is 16.2. The van der Waals surface area contributed by atoms with Crippen LogP contribution in [0.25, 0.3) is 17.0 Å². The van der Waals surface area contributed by atoms with E-state index in [1.807, 2.05) is 36.4 Å². The highest BCUT2D eigenvalue weighted by atomic mass is 32.2. The van der Waals surface area contributed by atoms with Crippen molar-refractivity contribution in [3.8, 4) is 5.95 Å². The maximum absolute atomic E-state index is 12.3. The van der Waals surface area contributed by atoms with E-state index in [4.69, 9.17) is 5.73 Å². The van der Waals surface area contributed by atoms with Crippen LogP contribution in [0.2, 0.25) is 0 Å². The first-order chi connectivity index (χ1) is 12.6. The monoisotopic (exact) mass is 365 g/mol. The number of imidazole rings is 1. The van der Waals surface area contributed by atoms with Gasteiger partial charge in [-0.05, 0) is 36.4 Å². The summed E-state index contributed by atoms with van der Waals surface area (Å²) in [5.41, 5.74) is 7.98. The van der Waals surface area contributed by atoms with E-state index in [0.29, 0.717) is 17.3 Å². The Hall–Kier alpha value is -3.26. The number of aromatic nitrogens is 4. The van der Waals surface area contributed by atoms with Gasteiger partial charge in [-0.3, -0.25) is 14.7 Å². The number of hydrogen-bond donors (Lipinski definition) is 3. The second kappa shape index (κ2) is 6.57. The fourth-order valence-electron chi connectivity index (χ4n) is 2.60. The maximum atomic E-state index is 12.3. The summed E-state index contributed by atoms with van der Waals surface area (Å²) in [4.78, 5) is 31.9. The van der Waals surface area contributed by atoms with E-state index < -0.39 is 5.91 Å². The highest BCUT2D eigenvalue weighted by molar-refractivity contribution is 7.98. The number of nitrogens with zero attached hydrogens (tertiary/aromatic N) is 2. The SMILES string of the molecule is NC(=O)c1ccc(SCc2cc(=O)n(-c3nc4ccccc4[nH]3)[nH]2)cc1. The normalized spacial score (nSPS) is 11.1. The lowest BCUT2D eigenvalue weighted by Crippen LogP contribution is -2.14. The molecule has 26 heavy (non-hydrogen) atoms. The van der Waals surface area contributed by atoms with Crippen molar-refractivity contribution in [2.24, 2.45) is 5.73 Å². The van der Waals surface area contributed by atoms with Gasteiger partial charge in [0, 0.05) is 28.0 Å². The van der Waals surface area contributed by atoms with Crippen molar-refractivity contribution in [1.29, 1.82) is 0 Å². The molecule has 0 spiro atoms. The van der Waals surface area contributed by atoms with Crippen molar-refractivity contribution in [3.05, 3.63) is 76.2 Å². The first-order valence-corrected chi connectivity index (χ1v) is 8.87. The number of benzene rings is 2. The van der Waals surface area contributed by atoms with E-state index in [1.165, 1.54) is 4.68 Å². The van der Waals surface area contributed by atoms with E-state index in [0.717, 1.165) is 21.6 Å². The van der Waals surface area contributed by atoms with Gasteiger partial charge in [0.05, 0.1) is 11.0 Å². The largest absolute Gasteiger partial charge is 0.366 e. The molecule has 2 heterocycles. The summed E-state index contributed by atoms with van der Waals surface area (Å²) in [5.74, 6) is 0.588. The van der Waals surface area contributed by atoms with Crippen LogP contribution in [0.1, 0.15) is 16.1 Å². The first-order valence-electron chi connectivity index (χ1n) is 7.89. The highest BCUT2D eigenvalue weighted by Crippen LogP contribution is 2.22. The second-order valence-electron chi connectivity index (χ2n) is 5.71. The molecule has 0 saturated heterocycles. The summed E-state index contributed by atoms with van der Waals surface area (Å²) in [6.07, 6.45) is 0. The van der Waals surface area contributed by atoms with Gasteiger partial charge < -0.3 is 10.7 Å². The smallest absolute Gasteiger partial charge is 0.274 e. The Morgan fingerprint density at radius 3 is 2.65 bits per heavy atom. The molecule has 1 amide bonds. The molecular weight excluding hydrogens is 350 g/mol. The van der Waals surface area contributed by atoms with Crippen LogP contribution in [0.3, 0.4) is 0 Å². The van der Waals surface area contributed by atoms with Gasteiger partial charge >= 0.3 is 0 Å². The molecule has 0 aliphatic carbocycles. The number of aromatic amines is 2. The molecule has 4 rings (SSSR count). The van der Waals surface area contributed by atoms with E-state index in [2.05, 4.69) is 15.1 Å². The Balaban J connectivity index is 1.53. The third-order valence-corrected chi connectivity index (χ3v) is 4.96. The standard InChI is InChI=1S/C18H15N5O2S/c19-17(25)11-5-7-13(8-6-11)26-10-12-9-16(24)23(22-12)18-20-14-3-1-2-4-15(14)21-18/h1-9,22H,10H2,(H2,19,25)(H,20,21). The highest BCUT2D eigenvalue weighted by Gasteiger charge is 2.10. The Bertz CT molecular complexity index is 1110. The number of hydrogen-bond acceptors (Lipinski definition) is 4. The molecule has 2 aromatic heterocycles. The number of primary amides is 1. The van der Waals surface area contributed by atoms with Crippen molar-refractivity contribution in [2.75, 3.05) is 0 Å². The topological polar surface area (TPSA) is 110 Å². The van der Waals surface area contributed by atoms with Gasteiger partial charge in [-0.15, -0.1) is 11.8 Å². The van der Waals surface area contributed by atoms with E-state index in [-0.39, 0.29) is 5.56 Å². The Morgan fingerprint density at radius 1 is 1.15 bits per heavy atom. The molecule has 0 unspecified atom stereocenters. The molecule has 8 heteroatoms. The summed E-state index contributed by atoms with van der Waals surface area (Å²) < 4.78 is 1.39. The number of para-hydroxylation sites is 2. The molecule has 0 aliphatic rings. The molecule has 0 fully saturated rings. The average molecular weight is 365 g/mol. The molecule has 0 atom stereocenters. The number of carbonyl (C=O) groups is 1. The summed E-state index contributed by atoms with van der Waals surface area (Å²) in [5, 5.41) is 3.07. The molecule has 130 valence electrons. The van der Waals surface area contributed by atoms with Crippen LogP contribution in [0.4, 0.5) is 0 Å². The van der Waals surface area contributed by atoms with Crippen LogP contribution in [-0.2, 0) is 5.75 Å². The summed E-state index contributed by atoms with van der Waals surface area (Å²) in [6.45, 7) is 0. The predicted octanol–water partition coefficient (Wildman–Crippen LogP) is 2.43. The number of nitrogens with one attached hydrogen (secondary N) is 2. The van der Waals surface area contributed by atoms with Crippen molar-refractivity contribution >= 4 is 28.7 Å². The third-order valence-electron chi connectivity index (χ3n) is 3.90. The van der Waals surface area contributed by atoms with E-state index in [9.17, 15) is 9.59 Å². The quantitative estimate of drug-likeness (QED) is 0.472. The van der Waals surface area contributed by atoms with Gasteiger partial charge in [-0.2, -0.15) is 4.68 Å². The zero-order chi connectivity index (χ0) is 18.1. The molecule has 0 saturated carbocycles. The minimum atomic E-state index is -0.450. The molecule has 4 N–H and O–H groups in total. The maximum Gasteiger partial charge on any atom is 0.274 e. The number of carbonyl (C=O) groups excluding carboxylic acids is 1. The number of amides is 1. The predicted molar refractivity (Wildman–Crippen MR) is 101 cm³/mol. The zero-order valence-electron chi connectivity index (χ0n) is 13.6. The van der Waals surface area contributed by atoms with Crippen molar-refractivity contribution < 1.29 is 4.79 Å². The van der Waals surface area contributed by atoms with Crippen LogP contribution >= 0.6 is 11.8 Å². The molecule has 0 radical (unpaired) electrons. The van der Waals surface area contributed by atoms with Crippen molar-refractivity contribution in [3.63, 3.8) is 0 Å². The lowest BCUT2D eigenvalue weighted by Gasteiger charge is -2.01. The summed E-state index contributed by atoms with van der Waals surface area (Å²) >= 11 is 1.55. The van der Waals surface area contributed by atoms with Gasteiger partial charge in [-0.25, -0.2) is 4.98 Å². The molecule has 7 nitrogen and oxygen atoms in total. The van der Waals surface area contributed by atoms with Crippen molar-refractivity contribution in [2.45, 2.75) is 10.6 Å². The lowest BCUT2D eigenvalue weighted by molar-refractivity contribution is 0.1000. The second-order valence-corrected chi connectivity index (χ2v) is 6.76. The van der Waals surface area contributed by atoms with Crippen LogP contribution in [0.15, 0.2) is 64.3 Å². The van der Waals surface area contributed by atoms with Gasteiger partial charge in [0.25, 0.3) is 5.56 Å². The number of nitrogens with two attached hydrogens (primary N) is 1. The van der Waals surface area contributed by atoms with Crippen molar-refractivity contribution in [1.82, 2.24) is 19.7 Å². The zero-order valence-corrected chi connectivity index (χ0v) is 14.4. The van der Waals surface area contributed by atoms with Gasteiger partial charge in [0.2, 0.25) is 11.9 Å². The first kappa shape index (κ1) is 16.2. The Labute approximate surface area is 152 Å². The Kier molecular flexibility index (Phi) is 4.10. The van der Waals surface area contributed by atoms with E-state index >= 15 is 0 Å². The van der Waals surface area contributed by atoms with Gasteiger partial charge in [0.1, 0.15) is 0 Å². The number of rotatable bonds is 5.